The first-order valence-corrected chi connectivity index (χ1v) is 9.65. The van der Waals surface area contributed by atoms with E-state index in [0.29, 0.717) is 17.5 Å². The number of hydrogen-bond donors (Lipinski definition) is 1. The first kappa shape index (κ1) is 18.2. The van der Waals surface area contributed by atoms with Crippen LogP contribution in [0.1, 0.15) is 18.9 Å². The van der Waals surface area contributed by atoms with Gasteiger partial charge in [-0.25, -0.2) is 0 Å². The zero-order valence-corrected chi connectivity index (χ0v) is 15.8. The summed E-state index contributed by atoms with van der Waals surface area (Å²) in [5.74, 6) is 1.10. The van der Waals surface area contributed by atoms with Gasteiger partial charge in [-0.2, -0.15) is 0 Å². The van der Waals surface area contributed by atoms with E-state index in [1.54, 1.807) is 0 Å². The number of para-hydroxylation sites is 1. The number of carbonyl (C=O) groups excluding carboxylic acids is 1. The summed E-state index contributed by atoms with van der Waals surface area (Å²) < 4.78 is 2.00. The normalized spacial score (nSPS) is 10.7. The van der Waals surface area contributed by atoms with Crippen LogP contribution in [0.15, 0.2) is 59.8 Å². The van der Waals surface area contributed by atoms with E-state index in [9.17, 15) is 4.79 Å². The molecule has 1 heterocycles. The number of rotatable bonds is 7. The number of benzene rings is 2. The van der Waals surface area contributed by atoms with Gasteiger partial charge >= 0.3 is 0 Å². The van der Waals surface area contributed by atoms with E-state index in [-0.39, 0.29) is 5.91 Å². The Kier molecular flexibility index (Phi) is 6.07. The Morgan fingerprint density at radius 1 is 1.08 bits per heavy atom. The molecule has 1 amide bonds. The summed E-state index contributed by atoms with van der Waals surface area (Å²) in [6.45, 7) is 4.79. The zero-order valence-electron chi connectivity index (χ0n) is 15.0. The second-order valence-electron chi connectivity index (χ2n) is 5.98. The van der Waals surface area contributed by atoms with Crippen molar-refractivity contribution in [3.63, 3.8) is 0 Å². The van der Waals surface area contributed by atoms with Gasteiger partial charge in [0.25, 0.3) is 0 Å². The second kappa shape index (κ2) is 8.67. The average molecular weight is 366 g/mol. The molecular formula is C20H22N4OS. The van der Waals surface area contributed by atoms with Gasteiger partial charge in [0.05, 0.1) is 5.75 Å². The highest BCUT2D eigenvalue weighted by Crippen LogP contribution is 2.28. The maximum atomic E-state index is 11.9. The second-order valence-corrected chi connectivity index (χ2v) is 6.92. The van der Waals surface area contributed by atoms with Crippen molar-refractivity contribution < 1.29 is 4.79 Å². The number of amides is 1. The average Bonchev–Trinajstić information content (AvgIpc) is 3.10. The highest BCUT2D eigenvalue weighted by Gasteiger charge is 2.17. The summed E-state index contributed by atoms with van der Waals surface area (Å²) in [6.07, 6.45) is 0.925. The van der Waals surface area contributed by atoms with E-state index in [4.69, 9.17) is 0 Å². The van der Waals surface area contributed by atoms with Crippen molar-refractivity contribution >= 4 is 17.7 Å². The molecule has 0 saturated heterocycles. The Balaban J connectivity index is 1.92. The Labute approximate surface area is 157 Å². The Bertz CT molecular complexity index is 859. The number of carbonyl (C=O) groups is 1. The van der Waals surface area contributed by atoms with Crippen molar-refractivity contribution in [3.05, 3.63) is 60.2 Å². The summed E-state index contributed by atoms with van der Waals surface area (Å²) in [5, 5.41) is 12.3. The molecule has 6 heteroatoms. The largest absolute Gasteiger partial charge is 0.355 e. The van der Waals surface area contributed by atoms with Crippen molar-refractivity contribution in [2.75, 3.05) is 12.3 Å². The Morgan fingerprint density at radius 2 is 1.81 bits per heavy atom. The Hall–Kier alpha value is -2.60. The zero-order chi connectivity index (χ0) is 18.4. The fourth-order valence-electron chi connectivity index (χ4n) is 2.51. The van der Waals surface area contributed by atoms with Gasteiger partial charge in [-0.3, -0.25) is 9.36 Å². The molecule has 0 fully saturated rings. The fraction of sp³-hybridized carbons (Fsp3) is 0.250. The first-order valence-electron chi connectivity index (χ1n) is 8.66. The van der Waals surface area contributed by atoms with Crippen molar-refractivity contribution in [3.8, 4) is 17.1 Å². The lowest BCUT2D eigenvalue weighted by Gasteiger charge is -2.10. The van der Waals surface area contributed by atoms with Gasteiger partial charge in [0, 0.05) is 17.8 Å². The molecule has 0 aliphatic heterocycles. The molecule has 0 aliphatic carbocycles. The van der Waals surface area contributed by atoms with E-state index < -0.39 is 0 Å². The van der Waals surface area contributed by atoms with Crippen LogP contribution in [0.25, 0.3) is 17.1 Å². The number of aryl methyl sites for hydroxylation is 1. The van der Waals surface area contributed by atoms with Gasteiger partial charge < -0.3 is 5.32 Å². The van der Waals surface area contributed by atoms with E-state index in [0.717, 1.165) is 23.5 Å². The topological polar surface area (TPSA) is 59.8 Å². The SMILES string of the molecule is CCCNC(=O)CSc1nnc(-c2ccc(C)cc2)n1-c1ccccc1. The van der Waals surface area contributed by atoms with Crippen LogP contribution in [0, 0.1) is 6.92 Å². The summed E-state index contributed by atoms with van der Waals surface area (Å²) in [7, 11) is 0. The smallest absolute Gasteiger partial charge is 0.230 e. The standard InChI is InChI=1S/C20H22N4OS/c1-3-13-21-18(25)14-26-20-23-22-19(16-11-9-15(2)10-12-16)24(20)17-7-5-4-6-8-17/h4-12H,3,13-14H2,1-2H3,(H,21,25). The van der Waals surface area contributed by atoms with Crippen molar-refractivity contribution in [2.24, 2.45) is 0 Å². The number of aromatic nitrogens is 3. The Morgan fingerprint density at radius 3 is 2.50 bits per heavy atom. The predicted octanol–water partition coefficient (Wildman–Crippen LogP) is 3.86. The van der Waals surface area contributed by atoms with Crippen LogP contribution in [0.5, 0.6) is 0 Å². The molecule has 3 rings (SSSR count). The molecule has 26 heavy (non-hydrogen) atoms. The molecule has 1 aromatic heterocycles. The minimum Gasteiger partial charge on any atom is -0.355 e. The third-order valence-corrected chi connectivity index (χ3v) is 4.79. The maximum absolute atomic E-state index is 11.9. The summed E-state index contributed by atoms with van der Waals surface area (Å²) in [5.41, 5.74) is 3.17. The highest BCUT2D eigenvalue weighted by atomic mass is 32.2. The molecule has 2 aromatic carbocycles. The summed E-state index contributed by atoms with van der Waals surface area (Å²) in [6, 6.07) is 18.2. The van der Waals surface area contributed by atoms with Crippen LogP contribution in [0.4, 0.5) is 0 Å². The van der Waals surface area contributed by atoms with Gasteiger partial charge in [-0.05, 0) is 25.5 Å². The summed E-state index contributed by atoms with van der Waals surface area (Å²) in [4.78, 5) is 11.9. The van der Waals surface area contributed by atoms with E-state index >= 15 is 0 Å². The van der Waals surface area contributed by atoms with E-state index in [1.165, 1.54) is 17.3 Å². The summed E-state index contributed by atoms with van der Waals surface area (Å²) >= 11 is 1.40. The fourth-order valence-corrected chi connectivity index (χ4v) is 3.29. The van der Waals surface area contributed by atoms with Crippen LogP contribution in [-0.2, 0) is 4.79 Å². The first-order chi connectivity index (χ1) is 12.7. The molecule has 0 saturated carbocycles. The van der Waals surface area contributed by atoms with Crippen LogP contribution in [0.3, 0.4) is 0 Å². The van der Waals surface area contributed by atoms with Crippen molar-refractivity contribution in [1.82, 2.24) is 20.1 Å². The minimum absolute atomic E-state index is 0.0105. The number of nitrogens with one attached hydrogen (secondary N) is 1. The third kappa shape index (κ3) is 4.32. The molecule has 0 atom stereocenters. The molecule has 0 bridgehead atoms. The van der Waals surface area contributed by atoms with E-state index in [2.05, 4.69) is 34.6 Å². The monoisotopic (exact) mass is 366 g/mol. The predicted molar refractivity (Wildman–Crippen MR) is 106 cm³/mol. The van der Waals surface area contributed by atoms with Crippen molar-refractivity contribution in [2.45, 2.75) is 25.4 Å². The van der Waals surface area contributed by atoms with Crippen molar-refractivity contribution in [1.29, 1.82) is 0 Å². The molecule has 0 spiro atoms. The lowest BCUT2D eigenvalue weighted by Crippen LogP contribution is -2.25. The van der Waals surface area contributed by atoms with E-state index in [1.807, 2.05) is 54.0 Å². The number of nitrogens with zero attached hydrogens (tertiary/aromatic N) is 3. The van der Waals surface area contributed by atoms with Crippen LogP contribution >= 0.6 is 11.8 Å². The van der Waals surface area contributed by atoms with Crippen LogP contribution in [-0.4, -0.2) is 33.0 Å². The molecule has 0 unspecified atom stereocenters. The number of thioether (sulfide) groups is 1. The molecule has 0 radical (unpaired) electrons. The number of hydrogen-bond acceptors (Lipinski definition) is 4. The van der Waals surface area contributed by atoms with Crippen LogP contribution in [0.2, 0.25) is 0 Å². The maximum Gasteiger partial charge on any atom is 0.230 e. The molecule has 5 nitrogen and oxygen atoms in total. The molecule has 134 valence electrons. The lowest BCUT2D eigenvalue weighted by atomic mass is 10.1. The highest BCUT2D eigenvalue weighted by molar-refractivity contribution is 7.99. The van der Waals surface area contributed by atoms with Gasteiger partial charge in [0.2, 0.25) is 5.91 Å². The van der Waals surface area contributed by atoms with Gasteiger partial charge in [0.1, 0.15) is 0 Å². The molecular weight excluding hydrogens is 344 g/mol. The molecule has 0 aliphatic rings. The van der Waals surface area contributed by atoms with Gasteiger partial charge in [0.15, 0.2) is 11.0 Å². The quantitative estimate of drug-likeness (QED) is 0.645. The molecule has 3 aromatic rings. The third-order valence-electron chi connectivity index (χ3n) is 3.86. The van der Waals surface area contributed by atoms with Crippen LogP contribution < -0.4 is 5.32 Å². The van der Waals surface area contributed by atoms with Gasteiger partial charge in [-0.15, -0.1) is 10.2 Å². The minimum atomic E-state index is 0.0105. The molecule has 1 N–H and O–H groups in total. The van der Waals surface area contributed by atoms with Gasteiger partial charge in [-0.1, -0.05) is 66.7 Å². The lowest BCUT2D eigenvalue weighted by molar-refractivity contribution is -0.118.